The van der Waals surface area contributed by atoms with Crippen LogP contribution in [0.5, 0.6) is 0 Å². The lowest BCUT2D eigenvalue weighted by atomic mass is 10.2. The van der Waals surface area contributed by atoms with Crippen molar-refractivity contribution in [3.63, 3.8) is 0 Å². The fraction of sp³-hybridized carbons (Fsp3) is 0.133. The molecule has 0 amide bonds. The highest BCUT2D eigenvalue weighted by molar-refractivity contribution is 5.81. The number of benzene rings is 2. The van der Waals surface area contributed by atoms with Crippen molar-refractivity contribution in [3.8, 4) is 0 Å². The average molecular weight is 253 g/mol. The average Bonchev–Trinajstić information content (AvgIpc) is 2.82. The molecule has 0 saturated carbocycles. The number of fused-ring (bicyclic) bond motifs is 1. The van der Waals surface area contributed by atoms with E-state index < -0.39 is 0 Å². The predicted octanol–water partition coefficient (Wildman–Crippen LogP) is 2.79. The first-order valence-electron chi connectivity index (χ1n) is 6.16. The molecule has 0 atom stereocenters. The zero-order valence-corrected chi connectivity index (χ0v) is 10.5. The highest BCUT2D eigenvalue weighted by atomic mass is 16.5. The molecule has 19 heavy (non-hydrogen) atoms. The van der Waals surface area contributed by atoms with Crippen LogP contribution in [-0.4, -0.2) is 9.78 Å². The molecule has 0 radical (unpaired) electrons. The maximum Gasteiger partial charge on any atom is 0.139 e. The van der Waals surface area contributed by atoms with Gasteiger partial charge in [-0.25, -0.2) is 4.68 Å². The standard InChI is InChI=1S/C15H15N3O/c16-14-7-6-13-9-18(17-15(13)8-14)11-19-10-12-4-2-1-3-5-12/h1-9H,10-11,16H2. The number of nitrogens with zero attached hydrogens (tertiary/aromatic N) is 2. The van der Waals surface area contributed by atoms with Gasteiger partial charge in [0.1, 0.15) is 6.73 Å². The highest BCUT2D eigenvalue weighted by Gasteiger charge is 2.01. The van der Waals surface area contributed by atoms with E-state index in [1.54, 1.807) is 4.68 Å². The number of hydrogen-bond donors (Lipinski definition) is 1. The van der Waals surface area contributed by atoms with Gasteiger partial charge in [0, 0.05) is 17.3 Å². The number of rotatable bonds is 4. The largest absolute Gasteiger partial charge is 0.399 e. The van der Waals surface area contributed by atoms with E-state index >= 15 is 0 Å². The Morgan fingerprint density at radius 1 is 1.11 bits per heavy atom. The van der Waals surface area contributed by atoms with Gasteiger partial charge in [0.2, 0.25) is 0 Å². The normalized spacial score (nSPS) is 10.9. The molecule has 0 spiro atoms. The monoisotopic (exact) mass is 253 g/mol. The molecule has 0 saturated heterocycles. The summed E-state index contributed by atoms with van der Waals surface area (Å²) in [5, 5.41) is 5.48. The van der Waals surface area contributed by atoms with E-state index in [2.05, 4.69) is 5.10 Å². The van der Waals surface area contributed by atoms with Crippen LogP contribution in [0.25, 0.3) is 10.9 Å². The molecular formula is C15H15N3O. The molecule has 0 bridgehead atoms. The maximum atomic E-state index is 5.73. The van der Waals surface area contributed by atoms with Gasteiger partial charge in [-0.15, -0.1) is 0 Å². The summed E-state index contributed by atoms with van der Waals surface area (Å²) in [6.45, 7) is 1.02. The topological polar surface area (TPSA) is 53.1 Å². The number of ether oxygens (including phenoxy) is 1. The van der Waals surface area contributed by atoms with Crippen molar-refractivity contribution in [3.05, 3.63) is 60.3 Å². The minimum atomic E-state index is 0.434. The van der Waals surface area contributed by atoms with Crippen LogP contribution in [0.3, 0.4) is 0 Å². The van der Waals surface area contributed by atoms with Crippen molar-refractivity contribution in [2.24, 2.45) is 0 Å². The highest BCUT2D eigenvalue weighted by Crippen LogP contribution is 2.15. The molecule has 1 aromatic heterocycles. The molecule has 96 valence electrons. The molecule has 0 aliphatic heterocycles. The molecule has 0 unspecified atom stereocenters. The summed E-state index contributed by atoms with van der Waals surface area (Å²) in [6, 6.07) is 15.8. The Hall–Kier alpha value is -2.33. The van der Waals surface area contributed by atoms with Crippen LogP contribution in [0.4, 0.5) is 5.69 Å². The summed E-state index contributed by atoms with van der Waals surface area (Å²) in [7, 11) is 0. The van der Waals surface area contributed by atoms with Crippen molar-refractivity contribution >= 4 is 16.6 Å². The summed E-state index contributed by atoms with van der Waals surface area (Å²) in [5.74, 6) is 0. The number of aromatic nitrogens is 2. The smallest absolute Gasteiger partial charge is 0.139 e. The van der Waals surface area contributed by atoms with E-state index in [4.69, 9.17) is 10.5 Å². The van der Waals surface area contributed by atoms with Crippen LogP contribution in [0.1, 0.15) is 5.56 Å². The third-order valence-corrected chi connectivity index (χ3v) is 2.91. The zero-order chi connectivity index (χ0) is 13.1. The van der Waals surface area contributed by atoms with Gasteiger partial charge < -0.3 is 10.5 Å². The van der Waals surface area contributed by atoms with Gasteiger partial charge in [0.05, 0.1) is 12.1 Å². The van der Waals surface area contributed by atoms with Crippen molar-refractivity contribution in [1.82, 2.24) is 9.78 Å². The number of hydrogen-bond acceptors (Lipinski definition) is 3. The third-order valence-electron chi connectivity index (χ3n) is 2.91. The molecule has 1 heterocycles. The fourth-order valence-corrected chi connectivity index (χ4v) is 1.98. The summed E-state index contributed by atoms with van der Waals surface area (Å²) in [4.78, 5) is 0. The second kappa shape index (κ2) is 5.12. The van der Waals surface area contributed by atoms with Crippen LogP contribution in [0.15, 0.2) is 54.7 Å². The molecular weight excluding hydrogens is 238 g/mol. The molecule has 2 aromatic carbocycles. The first-order chi connectivity index (χ1) is 9.31. The Morgan fingerprint density at radius 3 is 2.79 bits per heavy atom. The molecule has 3 rings (SSSR count). The van der Waals surface area contributed by atoms with Crippen molar-refractivity contribution in [2.45, 2.75) is 13.3 Å². The van der Waals surface area contributed by atoms with Gasteiger partial charge in [-0.1, -0.05) is 30.3 Å². The van der Waals surface area contributed by atoms with Crippen molar-refractivity contribution < 1.29 is 4.74 Å². The lowest BCUT2D eigenvalue weighted by molar-refractivity contribution is 0.0566. The van der Waals surface area contributed by atoms with Crippen LogP contribution < -0.4 is 5.73 Å². The maximum absolute atomic E-state index is 5.73. The first-order valence-corrected chi connectivity index (χ1v) is 6.16. The second-order valence-corrected chi connectivity index (χ2v) is 4.45. The Morgan fingerprint density at radius 2 is 1.95 bits per heavy atom. The minimum absolute atomic E-state index is 0.434. The molecule has 4 heteroatoms. The van der Waals surface area contributed by atoms with Crippen LogP contribution >= 0.6 is 0 Å². The quantitative estimate of drug-likeness (QED) is 0.727. The van der Waals surface area contributed by atoms with E-state index in [1.165, 1.54) is 0 Å². The van der Waals surface area contributed by atoms with Crippen LogP contribution in [0, 0.1) is 0 Å². The first kappa shape index (κ1) is 11.7. The molecule has 3 aromatic rings. The van der Waals surface area contributed by atoms with Gasteiger partial charge >= 0.3 is 0 Å². The summed E-state index contributed by atoms with van der Waals surface area (Å²) < 4.78 is 7.42. The Labute approximate surface area is 111 Å². The van der Waals surface area contributed by atoms with Gasteiger partial charge in [-0.2, -0.15) is 5.10 Å². The van der Waals surface area contributed by atoms with E-state index in [0.717, 1.165) is 22.2 Å². The molecule has 0 fully saturated rings. The zero-order valence-electron chi connectivity index (χ0n) is 10.5. The third kappa shape index (κ3) is 2.74. The van der Waals surface area contributed by atoms with Crippen molar-refractivity contribution in [1.29, 1.82) is 0 Å². The van der Waals surface area contributed by atoms with E-state index in [1.807, 2.05) is 54.7 Å². The molecule has 0 aliphatic rings. The molecule has 0 aliphatic carbocycles. The van der Waals surface area contributed by atoms with Crippen molar-refractivity contribution in [2.75, 3.05) is 5.73 Å². The molecule has 2 N–H and O–H groups in total. The lowest BCUT2D eigenvalue weighted by Crippen LogP contribution is -2.02. The number of anilines is 1. The Kier molecular flexibility index (Phi) is 3.16. The van der Waals surface area contributed by atoms with Gasteiger partial charge in [-0.3, -0.25) is 0 Å². The predicted molar refractivity (Wildman–Crippen MR) is 75.4 cm³/mol. The SMILES string of the molecule is Nc1ccc2cn(COCc3ccccc3)nc2c1. The number of nitrogens with two attached hydrogens (primary N) is 1. The van der Waals surface area contributed by atoms with E-state index in [-0.39, 0.29) is 0 Å². The molecule has 4 nitrogen and oxygen atoms in total. The second-order valence-electron chi connectivity index (χ2n) is 4.45. The summed E-state index contributed by atoms with van der Waals surface area (Å²) in [5.41, 5.74) is 8.50. The summed E-state index contributed by atoms with van der Waals surface area (Å²) >= 11 is 0. The van der Waals surface area contributed by atoms with Gasteiger partial charge in [0.15, 0.2) is 0 Å². The Balaban J connectivity index is 1.65. The summed E-state index contributed by atoms with van der Waals surface area (Å²) in [6.07, 6.45) is 1.96. The van der Waals surface area contributed by atoms with E-state index in [9.17, 15) is 0 Å². The Bertz CT molecular complexity index is 676. The van der Waals surface area contributed by atoms with Gasteiger partial charge in [-0.05, 0) is 23.8 Å². The number of nitrogen functional groups attached to an aromatic ring is 1. The lowest BCUT2D eigenvalue weighted by Gasteiger charge is -2.03. The van der Waals surface area contributed by atoms with Crippen LogP contribution in [-0.2, 0) is 18.1 Å². The minimum Gasteiger partial charge on any atom is -0.399 e. The van der Waals surface area contributed by atoms with Gasteiger partial charge in [0.25, 0.3) is 0 Å². The fourth-order valence-electron chi connectivity index (χ4n) is 1.98. The van der Waals surface area contributed by atoms with E-state index in [0.29, 0.717) is 13.3 Å². The van der Waals surface area contributed by atoms with Crippen LogP contribution in [0.2, 0.25) is 0 Å².